The molecule has 0 atom stereocenters. The molecule has 4 nitrogen and oxygen atoms in total. The van der Waals surface area contributed by atoms with Crippen molar-refractivity contribution in [2.45, 2.75) is 25.6 Å². The lowest BCUT2D eigenvalue weighted by Crippen LogP contribution is -2.03. The molecular weight excluding hydrogens is 184 g/mol. The fourth-order valence-electron chi connectivity index (χ4n) is 1.01. The Labute approximate surface area is 82.9 Å². The van der Waals surface area contributed by atoms with Gasteiger partial charge in [-0.15, -0.1) is 0 Å². The average molecular weight is 200 g/mol. The normalized spacial score (nSPS) is 10.6. The van der Waals surface area contributed by atoms with Crippen LogP contribution in [0.25, 0.3) is 0 Å². The number of aromatic nitrogens is 3. The third-order valence-corrected chi connectivity index (χ3v) is 2.76. The van der Waals surface area contributed by atoms with E-state index in [0.29, 0.717) is 0 Å². The summed E-state index contributed by atoms with van der Waals surface area (Å²) in [5.41, 5.74) is 5.40. The second-order valence-electron chi connectivity index (χ2n) is 2.69. The van der Waals surface area contributed by atoms with Gasteiger partial charge < -0.3 is 5.73 Å². The molecular formula is C8H16N4S. The Morgan fingerprint density at radius 1 is 1.62 bits per heavy atom. The minimum atomic E-state index is 0.771. The van der Waals surface area contributed by atoms with E-state index in [1.165, 1.54) is 0 Å². The Balaban J connectivity index is 2.27. The molecule has 1 heterocycles. The summed E-state index contributed by atoms with van der Waals surface area (Å²) in [6.07, 6.45) is 2.69. The first-order valence-electron chi connectivity index (χ1n) is 4.53. The number of nitrogens with zero attached hydrogens (tertiary/aromatic N) is 3. The molecule has 5 heteroatoms. The molecule has 0 saturated carbocycles. The summed E-state index contributed by atoms with van der Waals surface area (Å²) in [5.74, 6) is 3.10. The van der Waals surface area contributed by atoms with Crippen LogP contribution in [0.4, 0.5) is 0 Å². The third kappa shape index (κ3) is 3.36. The van der Waals surface area contributed by atoms with Crippen molar-refractivity contribution >= 4 is 11.8 Å². The van der Waals surface area contributed by atoms with E-state index in [-0.39, 0.29) is 0 Å². The first-order chi connectivity index (χ1) is 6.38. The maximum absolute atomic E-state index is 5.40. The molecule has 0 spiro atoms. The van der Waals surface area contributed by atoms with Gasteiger partial charge in [-0.2, -0.15) is 16.9 Å². The fraction of sp³-hybridized carbons (Fsp3) is 0.750. The van der Waals surface area contributed by atoms with Crippen molar-refractivity contribution in [3.63, 3.8) is 0 Å². The quantitative estimate of drug-likeness (QED) is 0.693. The van der Waals surface area contributed by atoms with Crippen molar-refractivity contribution < 1.29 is 0 Å². The van der Waals surface area contributed by atoms with Crippen LogP contribution in [0, 0.1) is 0 Å². The van der Waals surface area contributed by atoms with Gasteiger partial charge in [0.15, 0.2) is 0 Å². The zero-order valence-corrected chi connectivity index (χ0v) is 8.76. The molecule has 13 heavy (non-hydrogen) atoms. The highest BCUT2D eigenvalue weighted by atomic mass is 32.2. The molecule has 1 aromatic heterocycles. The van der Waals surface area contributed by atoms with E-state index in [2.05, 4.69) is 17.0 Å². The van der Waals surface area contributed by atoms with E-state index in [0.717, 1.165) is 36.8 Å². The summed E-state index contributed by atoms with van der Waals surface area (Å²) in [4.78, 5) is 4.18. The molecule has 0 aliphatic rings. The Hall–Kier alpha value is -0.550. The van der Waals surface area contributed by atoms with Crippen molar-refractivity contribution in [1.29, 1.82) is 0 Å². The molecule has 0 bridgehead atoms. The summed E-state index contributed by atoms with van der Waals surface area (Å²) < 4.78 is 1.93. The van der Waals surface area contributed by atoms with E-state index >= 15 is 0 Å². The van der Waals surface area contributed by atoms with Gasteiger partial charge in [0.25, 0.3) is 0 Å². The summed E-state index contributed by atoms with van der Waals surface area (Å²) >= 11 is 1.86. The van der Waals surface area contributed by atoms with Gasteiger partial charge in [-0.3, -0.25) is 0 Å². The van der Waals surface area contributed by atoms with Crippen molar-refractivity contribution in [2.75, 3.05) is 12.3 Å². The first-order valence-corrected chi connectivity index (χ1v) is 5.68. The molecule has 1 rings (SSSR count). The van der Waals surface area contributed by atoms with Crippen LogP contribution in [-0.4, -0.2) is 27.1 Å². The second-order valence-corrected chi connectivity index (χ2v) is 3.79. The summed E-state index contributed by atoms with van der Waals surface area (Å²) in [6.45, 7) is 3.74. The lowest BCUT2D eigenvalue weighted by Gasteiger charge is -2.01. The number of hydrogen-bond donors (Lipinski definition) is 1. The smallest absolute Gasteiger partial charge is 0.138 e. The lowest BCUT2D eigenvalue weighted by molar-refractivity contribution is 0.632. The predicted molar refractivity (Wildman–Crippen MR) is 55.5 cm³/mol. The molecule has 0 aromatic carbocycles. The molecule has 1 aromatic rings. The number of rotatable bonds is 6. The average Bonchev–Trinajstić information content (AvgIpc) is 2.60. The van der Waals surface area contributed by atoms with Crippen LogP contribution in [0.2, 0.25) is 0 Å². The van der Waals surface area contributed by atoms with Crippen LogP contribution >= 0.6 is 11.8 Å². The first kappa shape index (κ1) is 10.5. The van der Waals surface area contributed by atoms with Gasteiger partial charge in [0, 0.05) is 6.54 Å². The van der Waals surface area contributed by atoms with Gasteiger partial charge in [0.1, 0.15) is 12.2 Å². The predicted octanol–water partition coefficient (Wildman–Crippen LogP) is 0.880. The Morgan fingerprint density at radius 3 is 3.15 bits per heavy atom. The number of thioether (sulfide) groups is 1. The zero-order chi connectivity index (χ0) is 9.52. The Kier molecular flexibility index (Phi) is 4.85. The molecule has 0 fully saturated rings. The third-order valence-electron chi connectivity index (χ3n) is 1.72. The largest absolute Gasteiger partial charge is 0.330 e. The summed E-state index contributed by atoms with van der Waals surface area (Å²) in [7, 11) is 0. The van der Waals surface area contributed by atoms with Gasteiger partial charge in [-0.1, -0.05) is 0 Å². The van der Waals surface area contributed by atoms with Gasteiger partial charge in [0.05, 0.1) is 5.75 Å². The monoisotopic (exact) mass is 200 g/mol. The number of nitrogens with two attached hydrogens (primary N) is 1. The van der Waals surface area contributed by atoms with Crippen LogP contribution in [0.1, 0.15) is 19.2 Å². The van der Waals surface area contributed by atoms with Crippen molar-refractivity contribution in [1.82, 2.24) is 14.8 Å². The number of aryl methyl sites for hydroxylation is 1. The van der Waals surface area contributed by atoms with Gasteiger partial charge in [-0.05, 0) is 25.6 Å². The van der Waals surface area contributed by atoms with Crippen LogP contribution in [0.5, 0.6) is 0 Å². The molecule has 0 saturated heterocycles. The maximum Gasteiger partial charge on any atom is 0.138 e. The van der Waals surface area contributed by atoms with Crippen LogP contribution in [0.3, 0.4) is 0 Å². The standard InChI is InChI=1S/C8H16N4S/c1-2-12-8(10-7-11-12)6-13-5-3-4-9/h7H,2-6,9H2,1H3. The fourth-order valence-corrected chi connectivity index (χ4v) is 1.93. The molecule has 0 unspecified atom stereocenters. The van der Waals surface area contributed by atoms with E-state index in [1.54, 1.807) is 6.33 Å². The van der Waals surface area contributed by atoms with E-state index in [1.807, 2.05) is 16.4 Å². The molecule has 74 valence electrons. The molecule has 2 N–H and O–H groups in total. The highest BCUT2D eigenvalue weighted by molar-refractivity contribution is 7.98. The van der Waals surface area contributed by atoms with Crippen molar-refractivity contribution in [2.24, 2.45) is 5.73 Å². The van der Waals surface area contributed by atoms with Crippen molar-refractivity contribution in [3.05, 3.63) is 12.2 Å². The number of hydrogen-bond acceptors (Lipinski definition) is 4. The highest BCUT2D eigenvalue weighted by Gasteiger charge is 2.01. The Morgan fingerprint density at radius 2 is 2.46 bits per heavy atom. The SMILES string of the molecule is CCn1ncnc1CSCCCN. The van der Waals surface area contributed by atoms with E-state index < -0.39 is 0 Å². The lowest BCUT2D eigenvalue weighted by atomic mass is 10.5. The summed E-state index contributed by atoms with van der Waals surface area (Å²) in [5, 5.41) is 4.10. The topological polar surface area (TPSA) is 56.7 Å². The second kappa shape index (κ2) is 5.99. The van der Waals surface area contributed by atoms with Crippen molar-refractivity contribution in [3.8, 4) is 0 Å². The minimum Gasteiger partial charge on any atom is -0.330 e. The minimum absolute atomic E-state index is 0.771. The summed E-state index contributed by atoms with van der Waals surface area (Å²) in [6, 6.07) is 0. The molecule has 0 radical (unpaired) electrons. The van der Waals surface area contributed by atoms with Gasteiger partial charge >= 0.3 is 0 Å². The Bertz CT molecular complexity index is 236. The van der Waals surface area contributed by atoms with Crippen LogP contribution in [0.15, 0.2) is 6.33 Å². The maximum atomic E-state index is 5.40. The molecule has 0 aliphatic heterocycles. The molecule has 0 aliphatic carbocycles. The zero-order valence-electron chi connectivity index (χ0n) is 7.94. The van der Waals surface area contributed by atoms with Gasteiger partial charge in [0.2, 0.25) is 0 Å². The van der Waals surface area contributed by atoms with E-state index in [4.69, 9.17) is 5.73 Å². The van der Waals surface area contributed by atoms with Crippen LogP contribution < -0.4 is 5.73 Å². The molecule has 0 amide bonds. The van der Waals surface area contributed by atoms with Crippen LogP contribution in [-0.2, 0) is 12.3 Å². The highest BCUT2D eigenvalue weighted by Crippen LogP contribution is 2.09. The van der Waals surface area contributed by atoms with E-state index in [9.17, 15) is 0 Å². The van der Waals surface area contributed by atoms with Gasteiger partial charge in [-0.25, -0.2) is 9.67 Å².